The molecule has 1 aliphatic carbocycles. The smallest absolute Gasteiger partial charge is 0.257 e. The highest BCUT2D eigenvalue weighted by Gasteiger charge is 2.34. The third-order valence-corrected chi connectivity index (χ3v) is 4.18. The number of hydrogen-bond acceptors (Lipinski definition) is 2. The molecule has 0 bridgehead atoms. The first-order valence-corrected chi connectivity index (χ1v) is 7.01. The molecule has 4 heteroatoms. The van der Waals surface area contributed by atoms with E-state index in [0.717, 1.165) is 42.9 Å². The minimum Gasteiger partial charge on any atom is -0.339 e. The van der Waals surface area contributed by atoms with Crippen molar-refractivity contribution in [2.24, 2.45) is 7.05 Å². The number of aromatic nitrogens is 2. The van der Waals surface area contributed by atoms with Crippen molar-refractivity contribution in [1.82, 2.24) is 14.7 Å². The van der Waals surface area contributed by atoms with E-state index in [0.29, 0.717) is 5.92 Å². The SMILES string of the molecule is Cc1c(C(=O)N2CCCCC2)c(C2CC2)nn1C. The molecule has 1 saturated heterocycles. The molecule has 0 radical (unpaired) electrons. The molecular formula is C14H21N3O. The number of nitrogens with zero attached hydrogens (tertiary/aromatic N) is 3. The molecule has 2 heterocycles. The van der Waals surface area contributed by atoms with Crippen molar-refractivity contribution in [2.75, 3.05) is 13.1 Å². The summed E-state index contributed by atoms with van der Waals surface area (Å²) in [6.45, 7) is 3.84. The zero-order valence-electron chi connectivity index (χ0n) is 11.3. The number of rotatable bonds is 2. The van der Waals surface area contributed by atoms with Crippen LogP contribution in [0.3, 0.4) is 0 Å². The quantitative estimate of drug-likeness (QED) is 0.803. The van der Waals surface area contributed by atoms with Crippen LogP contribution in [0.15, 0.2) is 0 Å². The predicted octanol–water partition coefficient (Wildman–Crippen LogP) is 2.23. The molecule has 0 N–H and O–H groups in total. The van der Waals surface area contributed by atoms with Crippen molar-refractivity contribution >= 4 is 5.91 Å². The second-order valence-electron chi connectivity index (χ2n) is 5.60. The van der Waals surface area contributed by atoms with E-state index in [1.54, 1.807) is 0 Å². The monoisotopic (exact) mass is 247 g/mol. The molecule has 98 valence electrons. The Bertz CT molecular complexity index is 468. The number of carbonyl (C=O) groups excluding carboxylic acids is 1. The predicted molar refractivity (Wildman–Crippen MR) is 69.7 cm³/mol. The largest absolute Gasteiger partial charge is 0.339 e. The van der Waals surface area contributed by atoms with Crippen LogP contribution in [0.2, 0.25) is 0 Å². The number of aryl methyl sites for hydroxylation is 1. The van der Waals surface area contributed by atoms with E-state index in [9.17, 15) is 4.79 Å². The van der Waals surface area contributed by atoms with Crippen LogP contribution in [0.1, 0.15) is 59.8 Å². The Balaban J connectivity index is 1.92. The van der Waals surface area contributed by atoms with Gasteiger partial charge >= 0.3 is 0 Å². The number of carbonyl (C=O) groups is 1. The molecule has 1 saturated carbocycles. The van der Waals surface area contributed by atoms with Gasteiger partial charge in [0.15, 0.2) is 0 Å². The Morgan fingerprint density at radius 3 is 2.50 bits per heavy atom. The highest BCUT2D eigenvalue weighted by molar-refractivity contribution is 5.96. The zero-order chi connectivity index (χ0) is 12.7. The molecule has 18 heavy (non-hydrogen) atoms. The first-order valence-electron chi connectivity index (χ1n) is 7.01. The number of amides is 1. The first kappa shape index (κ1) is 11.8. The molecule has 1 aromatic heterocycles. The third-order valence-electron chi connectivity index (χ3n) is 4.18. The van der Waals surface area contributed by atoms with Gasteiger partial charge in [-0.2, -0.15) is 5.10 Å². The van der Waals surface area contributed by atoms with Crippen molar-refractivity contribution in [3.05, 3.63) is 17.0 Å². The molecule has 2 fully saturated rings. The lowest BCUT2D eigenvalue weighted by Crippen LogP contribution is -2.36. The minimum absolute atomic E-state index is 0.210. The van der Waals surface area contributed by atoms with Gasteiger partial charge in [-0.3, -0.25) is 9.48 Å². The van der Waals surface area contributed by atoms with Crippen molar-refractivity contribution in [3.8, 4) is 0 Å². The van der Waals surface area contributed by atoms with Crippen LogP contribution in [0.4, 0.5) is 0 Å². The fraction of sp³-hybridized carbons (Fsp3) is 0.714. The van der Waals surface area contributed by atoms with Gasteiger partial charge in [-0.15, -0.1) is 0 Å². The van der Waals surface area contributed by atoms with Crippen molar-refractivity contribution < 1.29 is 4.79 Å². The third kappa shape index (κ3) is 1.93. The van der Waals surface area contributed by atoms with E-state index < -0.39 is 0 Å². The van der Waals surface area contributed by atoms with Crippen LogP contribution in [0, 0.1) is 6.92 Å². The summed E-state index contributed by atoms with van der Waals surface area (Å²) in [4.78, 5) is 14.7. The van der Waals surface area contributed by atoms with E-state index in [-0.39, 0.29) is 5.91 Å². The Morgan fingerprint density at radius 2 is 1.89 bits per heavy atom. The van der Waals surface area contributed by atoms with Gasteiger partial charge in [-0.1, -0.05) is 0 Å². The normalized spacial score (nSPS) is 20.2. The second kappa shape index (κ2) is 4.41. The Kier molecular flexibility index (Phi) is 2.88. The van der Waals surface area contributed by atoms with Crippen molar-refractivity contribution in [2.45, 2.75) is 44.9 Å². The lowest BCUT2D eigenvalue weighted by Gasteiger charge is -2.27. The van der Waals surface area contributed by atoms with E-state index in [1.165, 1.54) is 19.3 Å². The van der Waals surface area contributed by atoms with E-state index in [4.69, 9.17) is 0 Å². The summed E-state index contributed by atoms with van der Waals surface area (Å²) in [6, 6.07) is 0. The van der Waals surface area contributed by atoms with E-state index in [1.807, 2.05) is 23.6 Å². The van der Waals surface area contributed by atoms with E-state index >= 15 is 0 Å². The zero-order valence-corrected chi connectivity index (χ0v) is 11.3. The molecule has 1 amide bonds. The molecule has 3 rings (SSSR count). The Labute approximate surface area is 108 Å². The first-order chi connectivity index (χ1) is 8.68. The lowest BCUT2D eigenvalue weighted by atomic mass is 10.1. The van der Waals surface area contributed by atoms with Crippen LogP contribution in [0.5, 0.6) is 0 Å². The second-order valence-corrected chi connectivity index (χ2v) is 5.60. The van der Waals surface area contributed by atoms with Crippen LogP contribution in [0.25, 0.3) is 0 Å². The molecule has 1 aliphatic heterocycles. The summed E-state index contributed by atoms with van der Waals surface area (Å²) >= 11 is 0. The van der Waals surface area contributed by atoms with Gasteiger partial charge in [0.2, 0.25) is 0 Å². The lowest BCUT2D eigenvalue weighted by molar-refractivity contribution is 0.0722. The fourth-order valence-electron chi connectivity index (χ4n) is 2.80. The maximum absolute atomic E-state index is 12.7. The highest BCUT2D eigenvalue weighted by atomic mass is 16.2. The van der Waals surface area contributed by atoms with Gasteiger partial charge in [0.1, 0.15) is 0 Å². The number of piperidine rings is 1. The van der Waals surface area contributed by atoms with Gasteiger partial charge in [0.05, 0.1) is 11.3 Å². The molecule has 0 unspecified atom stereocenters. The summed E-state index contributed by atoms with van der Waals surface area (Å²) in [6.07, 6.45) is 5.92. The van der Waals surface area contributed by atoms with Crippen molar-refractivity contribution in [3.63, 3.8) is 0 Å². The summed E-state index contributed by atoms with van der Waals surface area (Å²) in [5.74, 6) is 0.746. The van der Waals surface area contributed by atoms with E-state index in [2.05, 4.69) is 5.10 Å². The maximum atomic E-state index is 12.7. The Hall–Kier alpha value is -1.32. The van der Waals surface area contributed by atoms with Gasteiger partial charge in [-0.05, 0) is 39.0 Å². The molecule has 0 spiro atoms. The van der Waals surface area contributed by atoms with Gasteiger partial charge in [0.25, 0.3) is 5.91 Å². The molecule has 2 aliphatic rings. The average Bonchev–Trinajstić information content (AvgIpc) is 3.18. The standard InChI is InChI=1S/C14H21N3O/c1-10-12(13(11-6-7-11)15-16(10)2)14(18)17-8-4-3-5-9-17/h11H,3-9H2,1-2H3. The number of hydrogen-bond donors (Lipinski definition) is 0. The summed E-state index contributed by atoms with van der Waals surface area (Å²) in [5.41, 5.74) is 2.96. The van der Waals surface area contributed by atoms with Crippen LogP contribution >= 0.6 is 0 Å². The molecular weight excluding hydrogens is 226 g/mol. The summed E-state index contributed by atoms with van der Waals surface area (Å²) in [5, 5.41) is 4.56. The molecule has 0 aromatic carbocycles. The molecule has 4 nitrogen and oxygen atoms in total. The maximum Gasteiger partial charge on any atom is 0.257 e. The van der Waals surface area contributed by atoms with Crippen LogP contribution < -0.4 is 0 Å². The van der Waals surface area contributed by atoms with Gasteiger partial charge in [0, 0.05) is 31.7 Å². The average molecular weight is 247 g/mol. The number of likely N-dealkylation sites (tertiary alicyclic amines) is 1. The summed E-state index contributed by atoms with van der Waals surface area (Å²) in [7, 11) is 1.94. The molecule has 1 aromatic rings. The summed E-state index contributed by atoms with van der Waals surface area (Å²) < 4.78 is 1.87. The highest BCUT2D eigenvalue weighted by Crippen LogP contribution is 2.41. The topological polar surface area (TPSA) is 38.1 Å². The van der Waals surface area contributed by atoms with Gasteiger partial charge < -0.3 is 4.90 Å². The van der Waals surface area contributed by atoms with Crippen LogP contribution in [-0.2, 0) is 7.05 Å². The minimum atomic E-state index is 0.210. The van der Waals surface area contributed by atoms with Crippen molar-refractivity contribution in [1.29, 1.82) is 0 Å². The van der Waals surface area contributed by atoms with Gasteiger partial charge in [-0.25, -0.2) is 0 Å². The Morgan fingerprint density at radius 1 is 1.22 bits per heavy atom. The fourth-order valence-corrected chi connectivity index (χ4v) is 2.80. The van der Waals surface area contributed by atoms with Crippen LogP contribution in [-0.4, -0.2) is 33.7 Å². The molecule has 0 atom stereocenters.